The van der Waals surface area contributed by atoms with Crippen molar-refractivity contribution in [1.82, 2.24) is 0 Å². The summed E-state index contributed by atoms with van der Waals surface area (Å²) in [6.07, 6.45) is 2.46. The molecule has 0 aliphatic heterocycles. The molecule has 0 heterocycles. The maximum absolute atomic E-state index is 11.5. The summed E-state index contributed by atoms with van der Waals surface area (Å²) in [7, 11) is -9.23. The van der Waals surface area contributed by atoms with Gasteiger partial charge in [-0.1, -0.05) is 12.2 Å². The summed E-state index contributed by atoms with van der Waals surface area (Å²) in [5.41, 5.74) is 0. The highest BCUT2D eigenvalue weighted by Gasteiger charge is 2.35. The number of hydrogen-bond acceptors (Lipinski definition) is 5. The molecule has 9 heteroatoms. The van der Waals surface area contributed by atoms with E-state index in [-0.39, 0.29) is 13.2 Å². The Labute approximate surface area is 87.2 Å². The molecule has 0 bridgehead atoms. The average molecular weight is 258 g/mol. The molecule has 0 aromatic rings. The van der Waals surface area contributed by atoms with Crippen LogP contribution in [0.2, 0.25) is 0 Å². The van der Waals surface area contributed by atoms with E-state index in [1.807, 2.05) is 0 Å². The van der Waals surface area contributed by atoms with Gasteiger partial charge in [0.1, 0.15) is 0 Å². The Morgan fingerprint density at radius 2 is 1.47 bits per heavy atom. The second-order valence-electron chi connectivity index (χ2n) is 2.19. The topological polar surface area (TPSA) is 102 Å². The second kappa shape index (κ2) is 6.35. The first-order chi connectivity index (χ1) is 6.83. The molecule has 0 rings (SSSR count). The highest BCUT2D eigenvalue weighted by Crippen LogP contribution is 2.61. The van der Waals surface area contributed by atoms with Gasteiger partial charge in [-0.05, 0) is 0 Å². The molecule has 0 aliphatic carbocycles. The predicted octanol–water partition coefficient (Wildman–Crippen LogP) is 1.61. The van der Waals surface area contributed by atoms with Gasteiger partial charge in [-0.2, -0.15) is 4.31 Å². The molecule has 88 valence electrons. The Hall–Kier alpha value is -0.260. The molecule has 0 aromatic carbocycles. The molecule has 0 fully saturated rings. The lowest BCUT2D eigenvalue weighted by molar-refractivity contribution is 0.160. The lowest BCUT2D eigenvalue weighted by Gasteiger charge is -2.16. The molecular weight excluding hydrogens is 246 g/mol. The van der Waals surface area contributed by atoms with Crippen molar-refractivity contribution >= 4 is 15.6 Å². The van der Waals surface area contributed by atoms with Crippen LogP contribution in [0.1, 0.15) is 0 Å². The Morgan fingerprint density at radius 3 is 1.73 bits per heavy atom. The van der Waals surface area contributed by atoms with E-state index >= 15 is 0 Å². The maximum atomic E-state index is 11.5. The van der Waals surface area contributed by atoms with Gasteiger partial charge < -0.3 is 9.79 Å². The van der Waals surface area contributed by atoms with Gasteiger partial charge in [0, 0.05) is 0 Å². The van der Waals surface area contributed by atoms with Gasteiger partial charge in [0.25, 0.3) is 0 Å². The molecule has 0 radical (unpaired) electrons. The standard InChI is InChI=1S/C6H12O7P2/c1-3-5-11-15(10,12-6-4-2)13-14(7,8)9/h3-4H,1-2,5-6H2,(H2,7,8,9). The zero-order chi connectivity index (χ0) is 11.9. The summed E-state index contributed by atoms with van der Waals surface area (Å²) in [5.74, 6) is 0. The first-order valence-electron chi connectivity index (χ1n) is 3.71. The normalized spacial score (nSPS) is 12.4. The van der Waals surface area contributed by atoms with Crippen LogP contribution >= 0.6 is 15.6 Å². The number of rotatable bonds is 8. The third kappa shape index (κ3) is 7.64. The first-order valence-corrected chi connectivity index (χ1v) is 6.70. The maximum Gasteiger partial charge on any atom is 0.484 e. The van der Waals surface area contributed by atoms with E-state index in [0.29, 0.717) is 0 Å². The van der Waals surface area contributed by atoms with Gasteiger partial charge in [0.15, 0.2) is 0 Å². The van der Waals surface area contributed by atoms with Crippen LogP contribution in [0.25, 0.3) is 0 Å². The molecular formula is C6H12O7P2. The summed E-state index contributed by atoms with van der Waals surface area (Å²) in [6.45, 7) is 6.08. The zero-order valence-corrected chi connectivity index (χ0v) is 9.60. The number of hydrogen-bond donors (Lipinski definition) is 2. The molecule has 0 aliphatic rings. The highest BCUT2D eigenvalue weighted by molar-refractivity contribution is 7.61. The lowest BCUT2D eigenvalue weighted by atomic mass is 10.7. The zero-order valence-electron chi connectivity index (χ0n) is 7.81. The van der Waals surface area contributed by atoms with Crippen LogP contribution in [0.15, 0.2) is 25.3 Å². The SMILES string of the molecule is C=CCOP(=O)(OCC=C)OP(=O)(O)O. The van der Waals surface area contributed by atoms with Crippen molar-refractivity contribution in [2.45, 2.75) is 0 Å². The largest absolute Gasteiger partial charge is 0.484 e. The quantitative estimate of drug-likeness (QED) is 0.503. The number of phosphoric ester groups is 1. The lowest BCUT2D eigenvalue weighted by Crippen LogP contribution is -1.99. The van der Waals surface area contributed by atoms with Crippen molar-refractivity contribution in [1.29, 1.82) is 0 Å². The molecule has 7 nitrogen and oxygen atoms in total. The van der Waals surface area contributed by atoms with Gasteiger partial charge >= 0.3 is 15.6 Å². The van der Waals surface area contributed by atoms with Gasteiger partial charge in [-0.15, -0.1) is 13.2 Å². The Bertz CT molecular complexity index is 291. The molecule has 15 heavy (non-hydrogen) atoms. The molecule has 0 amide bonds. The van der Waals surface area contributed by atoms with Crippen LogP contribution in [-0.4, -0.2) is 23.0 Å². The fourth-order valence-corrected chi connectivity index (χ4v) is 2.57. The van der Waals surface area contributed by atoms with E-state index in [9.17, 15) is 9.13 Å². The van der Waals surface area contributed by atoms with E-state index in [4.69, 9.17) is 9.79 Å². The van der Waals surface area contributed by atoms with Crippen LogP contribution in [0.5, 0.6) is 0 Å². The fraction of sp³-hybridized carbons (Fsp3) is 0.333. The summed E-state index contributed by atoms with van der Waals surface area (Å²) < 4.78 is 34.9. The van der Waals surface area contributed by atoms with Gasteiger partial charge in [0.2, 0.25) is 0 Å². The molecule has 0 spiro atoms. The van der Waals surface area contributed by atoms with Crippen molar-refractivity contribution in [3.63, 3.8) is 0 Å². The summed E-state index contributed by atoms with van der Waals surface area (Å²) in [4.78, 5) is 16.9. The monoisotopic (exact) mass is 258 g/mol. The molecule has 2 N–H and O–H groups in total. The van der Waals surface area contributed by atoms with E-state index < -0.39 is 15.6 Å². The van der Waals surface area contributed by atoms with E-state index in [0.717, 1.165) is 0 Å². The van der Waals surface area contributed by atoms with E-state index in [1.165, 1.54) is 12.2 Å². The molecule has 0 unspecified atom stereocenters. The summed E-state index contributed by atoms with van der Waals surface area (Å²) in [6, 6.07) is 0. The fourth-order valence-electron chi connectivity index (χ4n) is 0.503. The van der Waals surface area contributed by atoms with Crippen LogP contribution in [0, 0.1) is 0 Å². The van der Waals surface area contributed by atoms with Crippen molar-refractivity contribution in [2.75, 3.05) is 13.2 Å². The van der Waals surface area contributed by atoms with Gasteiger partial charge in [-0.25, -0.2) is 9.13 Å². The Morgan fingerprint density at radius 1 is 1.07 bits per heavy atom. The van der Waals surface area contributed by atoms with Crippen LogP contribution in [0.4, 0.5) is 0 Å². The predicted molar refractivity (Wildman–Crippen MR) is 53.0 cm³/mol. The van der Waals surface area contributed by atoms with Gasteiger partial charge in [0.05, 0.1) is 13.2 Å². The van der Waals surface area contributed by atoms with E-state index in [1.54, 1.807) is 0 Å². The Balaban J connectivity index is 4.53. The molecule has 0 aromatic heterocycles. The smallest absolute Gasteiger partial charge is 0.302 e. The van der Waals surface area contributed by atoms with Crippen LogP contribution in [-0.2, 0) is 22.5 Å². The molecule has 0 atom stereocenters. The first kappa shape index (κ1) is 14.7. The number of phosphoric acid groups is 2. The Kier molecular flexibility index (Phi) is 6.24. The highest BCUT2D eigenvalue weighted by atomic mass is 31.3. The average Bonchev–Trinajstić information content (AvgIpc) is 2.09. The third-order valence-electron chi connectivity index (χ3n) is 0.907. The van der Waals surface area contributed by atoms with Crippen molar-refractivity contribution in [2.24, 2.45) is 0 Å². The second-order valence-corrected chi connectivity index (χ2v) is 5.23. The minimum absolute atomic E-state index is 0.228. The van der Waals surface area contributed by atoms with Crippen molar-refractivity contribution in [3.05, 3.63) is 25.3 Å². The van der Waals surface area contributed by atoms with Gasteiger partial charge in [-0.3, -0.25) is 9.05 Å². The molecule has 0 saturated heterocycles. The molecule has 0 saturated carbocycles. The minimum atomic E-state index is -4.95. The summed E-state index contributed by atoms with van der Waals surface area (Å²) >= 11 is 0. The summed E-state index contributed by atoms with van der Waals surface area (Å²) in [5, 5.41) is 0. The van der Waals surface area contributed by atoms with Crippen molar-refractivity contribution in [3.8, 4) is 0 Å². The van der Waals surface area contributed by atoms with E-state index in [2.05, 4.69) is 26.5 Å². The third-order valence-corrected chi connectivity index (χ3v) is 3.49. The minimum Gasteiger partial charge on any atom is -0.302 e. The van der Waals surface area contributed by atoms with Crippen LogP contribution in [0.3, 0.4) is 0 Å². The van der Waals surface area contributed by atoms with Crippen LogP contribution < -0.4 is 0 Å². The van der Waals surface area contributed by atoms with Crippen molar-refractivity contribution < 1.29 is 32.3 Å².